The summed E-state index contributed by atoms with van der Waals surface area (Å²) in [5.74, 6) is 1.33. The molecule has 2 amide bonds. The minimum atomic E-state index is -0.254. The van der Waals surface area contributed by atoms with Crippen LogP contribution in [0.25, 0.3) is 0 Å². The summed E-state index contributed by atoms with van der Waals surface area (Å²) in [5.41, 5.74) is 1.81. The Bertz CT molecular complexity index is 662. The molecule has 0 heterocycles. The fourth-order valence-electron chi connectivity index (χ4n) is 1.95. The summed E-state index contributed by atoms with van der Waals surface area (Å²) in [6.07, 6.45) is 0. The van der Waals surface area contributed by atoms with Crippen LogP contribution in [0.1, 0.15) is 15.9 Å². The molecule has 0 aliphatic carbocycles. The minimum Gasteiger partial charge on any atom is -0.354 e. The highest BCUT2D eigenvalue weighted by Crippen LogP contribution is 2.11. The second kappa shape index (κ2) is 10.2. The number of carbonyl (C=O) groups is 2. The van der Waals surface area contributed by atoms with E-state index in [1.54, 1.807) is 36.0 Å². The number of benzene rings is 2. The normalized spacial score (nSPS) is 10.2. The van der Waals surface area contributed by atoms with Crippen molar-refractivity contribution in [1.29, 1.82) is 0 Å². The second-order valence-electron chi connectivity index (χ2n) is 5.08. The predicted molar refractivity (Wildman–Crippen MR) is 102 cm³/mol. The van der Waals surface area contributed by atoms with Crippen LogP contribution in [0.4, 0.5) is 0 Å². The zero-order chi connectivity index (χ0) is 17.2. The van der Waals surface area contributed by atoms with Crippen molar-refractivity contribution in [3.05, 3.63) is 70.2 Å². The van der Waals surface area contributed by atoms with Gasteiger partial charge in [-0.3, -0.25) is 9.59 Å². The molecule has 2 N–H and O–H groups in total. The molecule has 126 valence electrons. The fraction of sp³-hybridized carbons (Fsp3) is 0.222. The molecule has 0 radical (unpaired) electrons. The van der Waals surface area contributed by atoms with Gasteiger partial charge < -0.3 is 10.6 Å². The van der Waals surface area contributed by atoms with E-state index in [1.807, 2.05) is 18.2 Å². The van der Waals surface area contributed by atoms with Gasteiger partial charge in [0.05, 0.1) is 6.54 Å². The summed E-state index contributed by atoms with van der Waals surface area (Å²) in [6.45, 7) is 0.572. The lowest BCUT2D eigenvalue weighted by Gasteiger charge is -2.07. The molecule has 0 aliphatic heterocycles. The number of carbonyl (C=O) groups excluding carboxylic acids is 2. The molecule has 0 atom stereocenters. The Labute approximate surface area is 154 Å². The van der Waals surface area contributed by atoms with Crippen molar-refractivity contribution in [2.75, 3.05) is 18.8 Å². The molecule has 0 fully saturated rings. The first kappa shape index (κ1) is 18.5. The molecule has 0 bridgehead atoms. The highest BCUT2D eigenvalue weighted by Gasteiger charge is 2.07. The Kier molecular flexibility index (Phi) is 7.85. The van der Waals surface area contributed by atoms with Crippen LogP contribution >= 0.6 is 27.7 Å². The van der Waals surface area contributed by atoms with Gasteiger partial charge in [-0.05, 0) is 29.8 Å². The molecule has 2 aromatic rings. The summed E-state index contributed by atoms with van der Waals surface area (Å²) in [7, 11) is 0. The van der Waals surface area contributed by atoms with E-state index in [9.17, 15) is 9.59 Å². The molecule has 2 aromatic carbocycles. The third kappa shape index (κ3) is 6.76. The maximum absolute atomic E-state index is 11.9. The predicted octanol–water partition coefficient (Wildman–Crippen LogP) is 3.23. The Balaban J connectivity index is 1.58. The van der Waals surface area contributed by atoms with Crippen LogP contribution in [0.5, 0.6) is 0 Å². The summed E-state index contributed by atoms with van der Waals surface area (Å²) >= 11 is 5.08. The van der Waals surface area contributed by atoms with E-state index in [-0.39, 0.29) is 18.4 Å². The van der Waals surface area contributed by atoms with Crippen molar-refractivity contribution in [3.63, 3.8) is 0 Å². The third-order valence-corrected chi connectivity index (χ3v) is 4.75. The molecule has 4 nitrogen and oxygen atoms in total. The first-order chi connectivity index (χ1) is 11.6. The van der Waals surface area contributed by atoms with Gasteiger partial charge in [-0.1, -0.05) is 46.3 Å². The van der Waals surface area contributed by atoms with Gasteiger partial charge in [0.1, 0.15) is 0 Å². The molecule has 0 saturated carbocycles. The van der Waals surface area contributed by atoms with Gasteiger partial charge in [0.2, 0.25) is 5.91 Å². The van der Waals surface area contributed by atoms with Gasteiger partial charge in [-0.2, -0.15) is 11.8 Å². The van der Waals surface area contributed by atoms with Gasteiger partial charge in [0.25, 0.3) is 5.91 Å². The Morgan fingerprint density at radius 3 is 2.38 bits per heavy atom. The van der Waals surface area contributed by atoms with E-state index in [0.717, 1.165) is 16.0 Å². The van der Waals surface area contributed by atoms with Crippen LogP contribution < -0.4 is 10.6 Å². The summed E-state index contributed by atoms with van der Waals surface area (Å²) < 4.78 is 0.907. The van der Waals surface area contributed by atoms with E-state index < -0.39 is 0 Å². The number of nitrogens with one attached hydrogen (secondary N) is 2. The van der Waals surface area contributed by atoms with Crippen LogP contribution in [0, 0.1) is 0 Å². The topological polar surface area (TPSA) is 58.2 Å². The van der Waals surface area contributed by atoms with Crippen molar-refractivity contribution >= 4 is 39.5 Å². The van der Waals surface area contributed by atoms with Crippen LogP contribution in [0.3, 0.4) is 0 Å². The van der Waals surface area contributed by atoms with Gasteiger partial charge in [0, 0.05) is 28.1 Å². The van der Waals surface area contributed by atoms with Crippen LogP contribution in [-0.4, -0.2) is 30.7 Å². The highest BCUT2D eigenvalue weighted by atomic mass is 79.9. The quantitative estimate of drug-likeness (QED) is 0.661. The average Bonchev–Trinajstić information content (AvgIpc) is 2.61. The molecule has 24 heavy (non-hydrogen) atoms. The lowest BCUT2D eigenvalue weighted by atomic mass is 10.2. The van der Waals surface area contributed by atoms with Gasteiger partial charge in [-0.15, -0.1) is 0 Å². The molecule has 0 aliphatic rings. The van der Waals surface area contributed by atoms with Gasteiger partial charge in [-0.25, -0.2) is 0 Å². The number of rotatable bonds is 8. The smallest absolute Gasteiger partial charge is 0.251 e. The van der Waals surface area contributed by atoms with Crippen LogP contribution in [0.2, 0.25) is 0 Å². The molecule has 6 heteroatoms. The van der Waals surface area contributed by atoms with Crippen LogP contribution in [-0.2, 0) is 10.5 Å². The van der Waals surface area contributed by atoms with Crippen molar-refractivity contribution in [2.24, 2.45) is 0 Å². The van der Waals surface area contributed by atoms with Crippen LogP contribution in [0.15, 0.2) is 59.1 Å². The lowest BCUT2D eigenvalue weighted by Crippen LogP contribution is -2.37. The minimum absolute atomic E-state index is 0.0156. The Hall–Kier alpha value is -1.79. The summed E-state index contributed by atoms with van der Waals surface area (Å²) in [6, 6.07) is 17.2. The molecule has 0 aromatic heterocycles. The SMILES string of the molecule is O=C(CNC(=O)c1ccc(Br)cc1)NCCSCc1ccccc1. The lowest BCUT2D eigenvalue weighted by molar-refractivity contribution is -0.120. The number of hydrogen-bond acceptors (Lipinski definition) is 3. The zero-order valence-electron chi connectivity index (χ0n) is 13.1. The van der Waals surface area contributed by atoms with Crippen molar-refractivity contribution in [3.8, 4) is 0 Å². The third-order valence-electron chi connectivity index (χ3n) is 3.20. The highest BCUT2D eigenvalue weighted by molar-refractivity contribution is 9.10. The van der Waals surface area contributed by atoms with E-state index in [0.29, 0.717) is 12.1 Å². The van der Waals surface area contributed by atoms with E-state index in [2.05, 4.69) is 38.7 Å². The Morgan fingerprint density at radius 2 is 1.67 bits per heavy atom. The summed E-state index contributed by atoms with van der Waals surface area (Å²) in [5, 5.41) is 5.41. The number of amides is 2. The second-order valence-corrected chi connectivity index (χ2v) is 7.10. The number of halogens is 1. The number of hydrogen-bond donors (Lipinski definition) is 2. The van der Waals surface area contributed by atoms with Crippen molar-refractivity contribution < 1.29 is 9.59 Å². The fourth-order valence-corrected chi connectivity index (χ4v) is 3.04. The van der Waals surface area contributed by atoms with E-state index >= 15 is 0 Å². The number of thioether (sulfide) groups is 1. The zero-order valence-corrected chi connectivity index (χ0v) is 15.5. The molecule has 0 saturated heterocycles. The maximum Gasteiger partial charge on any atom is 0.251 e. The molecular formula is C18H19BrN2O2S. The van der Waals surface area contributed by atoms with E-state index in [4.69, 9.17) is 0 Å². The molecule has 2 rings (SSSR count). The monoisotopic (exact) mass is 406 g/mol. The first-order valence-electron chi connectivity index (χ1n) is 7.57. The molecule has 0 unspecified atom stereocenters. The van der Waals surface area contributed by atoms with E-state index in [1.165, 1.54) is 5.56 Å². The Morgan fingerprint density at radius 1 is 0.958 bits per heavy atom. The standard InChI is InChI=1S/C18H19BrN2O2S/c19-16-8-6-15(7-9-16)18(23)21-12-17(22)20-10-11-24-13-14-4-2-1-3-5-14/h1-9H,10-13H2,(H,20,22)(H,21,23). The summed E-state index contributed by atoms with van der Waals surface area (Å²) in [4.78, 5) is 23.6. The molecule has 0 spiro atoms. The average molecular weight is 407 g/mol. The van der Waals surface area contributed by atoms with Crippen molar-refractivity contribution in [2.45, 2.75) is 5.75 Å². The molecular weight excluding hydrogens is 388 g/mol. The largest absolute Gasteiger partial charge is 0.354 e. The van der Waals surface area contributed by atoms with Gasteiger partial charge >= 0.3 is 0 Å². The maximum atomic E-state index is 11.9. The van der Waals surface area contributed by atoms with Gasteiger partial charge in [0.15, 0.2) is 0 Å². The van der Waals surface area contributed by atoms with Crippen molar-refractivity contribution in [1.82, 2.24) is 10.6 Å². The first-order valence-corrected chi connectivity index (χ1v) is 9.52.